The van der Waals surface area contributed by atoms with Gasteiger partial charge in [-0.3, -0.25) is 4.79 Å². The third-order valence-electron chi connectivity index (χ3n) is 3.78. The van der Waals surface area contributed by atoms with Gasteiger partial charge in [-0.1, -0.05) is 41.1 Å². The molecule has 1 heterocycles. The third-order valence-corrected chi connectivity index (χ3v) is 5.08. The first-order valence-electron chi connectivity index (χ1n) is 7.76. The van der Waals surface area contributed by atoms with Crippen LogP contribution in [0.15, 0.2) is 36.4 Å². The summed E-state index contributed by atoms with van der Waals surface area (Å²) in [5.41, 5.74) is 11.0. The van der Waals surface area contributed by atoms with Crippen molar-refractivity contribution in [3.63, 3.8) is 0 Å². The Labute approximate surface area is 155 Å². The maximum Gasteiger partial charge on any atom is 0.261 e. The van der Waals surface area contributed by atoms with Crippen molar-refractivity contribution in [2.45, 2.75) is 20.8 Å². The predicted molar refractivity (Wildman–Crippen MR) is 105 cm³/mol. The highest BCUT2D eigenvalue weighted by molar-refractivity contribution is 7.18. The summed E-state index contributed by atoms with van der Waals surface area (Å²) in [6.07, 6.45) is 0. The van der Waals surface area contributed by atoms with E-state index in [1.54, 1.807) is 6.07 Å². The van der Waals surface area contributed by atoms with Crippen molar-refractivity contribution < 1.29 is 4.79 Å². The predicted octanol–water partition coefficient (Wildman–Crippen LogP) is 5.23. The van der Waals surface area contributed by atoms with Gasteiger partial charge >= 0.3 is 0 Å². The lowest BCUT2D eigenvalue weighted by atomic mass is 10.0. The van der Waals surface area contributed by atoms with E-state index in [9.17, 15) is 4.79 Å². The van der Waals surface area contributed by atoms with Gasteiger partial charge in [0.1, 0.15) is 4.88 Å². The summed E-state index contributed by atoms with van der Waals surface area (Å²) in [4.78, 5) is 16.9. The first-order valence-corrected chi connectivity index (χ1v) is 8.96. The number of nitrogens with one attached hydrogen (secondary N) is 1. The zero-order valence-corrected chi connectivity index (χ0v) is 15.8. The van der Waals surface area contributed by atoms with Gasteiger partial charge in [-0.2, -0.15) is 0 Å². The van der Waals surface area contributed by atoms with Gasteiger partial charge in [0.2, 0.25) is 0 Å². The Morgan fingerprint density at radius 2 is 1.84 bits per heavy atom. The fourth-order valence-corrected chi connectivity index (χ4v) is 3.97. The molecule has 0 spiro atoms. The van der Waals surface area contributed by atoms with Crippen molar-refractivity contribution in [3.05, 3.63) is 63.0 Å². The van der Waals surface area contributed by atoms with Gasteiger partial charge in [0.15, 0.2) is 5.13 Å². The molecule has 3 rings (SSSR count). The number of nitrogens with two attached hydrogens (primary N) is 1. The van der Waals surface area contributed by atoms with Crippen molar-refractivity contribution in [1.29, 1.82) is 0 Å². The lowest BCUT2D eigenvalue weighted by molar-refractivity contribution is 0.100. The quantitative estimate of drug-likeness (QED) is 0.659. The maximum absolute atomic E-state index is 11.9. The molecule has 0 fully saturated rings. The highest BCUT2D eigenvalue weighted by atomic mass is 35.5. The van der Waals surface area contributed by atoms with E-state index >= 15 is 0 Å². The second-order valence-electron chi connectivity index (χ2n) is 5.99. The van der Waals surface area contributed by atoms with E-state index in [2.05, 4.69) is 16.4 Å². The Hall–Kier alpha value is -2.37. The van der Waals surface area contributed by atoms with Crippen LogP contribution in [0.5, 0.6) is 0 Å². The van der Waals surface area contributed by atoms with Crippen LogP contribution in [0.25, 0.3) is 11.3 Å². The summed E-state index contributed by atoms with van der Waals surface area (Å²) >= 11 is 7.57. The molecule has 0 radical (unpaired) electrons. The Bertz CT molecular complexity index is 925. The SMILES string of the molecule is Cc1cc(C)cc(Nc2nc(-c3c(C)cccc3Cl)c(C(N)=O)s2)c1. The van der Waals surface area contributed by atoms with E-state index in [-0.39, 0.29) is 0 Å². The molecule has 0 aliphatic carbocycles. The summed E-state index contributed by atoms with van der Waals surface area (Å²) in [7, 11) is 0. The van der Waals surface area contributed by atoms with Gasteiger partial charge in [0, 0.05) is 11.3 Å². The normalized spacial score (nSPS) is 10.7. The fourth-order valence-electron chi connectivity index (χ4n) is 2.81. The number of anilines is 2. The molecule has 0 unspecified atom stereocenters. The van der Waals surface area contributed by atoms with E-state index in [0.29, 0.717) is 20.7 Å². The molecule has 0 bridgehead atoms. The maximum atomic E-state index is 11.9. The first kappa shape index (κ1) is 17.5. The number of hydrogen-bond acceptors (Lipinski definition) is 4. The summed E-state index contributed by atoms with van der Waals surface area (Å²) in [6, 6.07) is 11.7. The lowest BCUT2D eigenvalue weighted by Gasteiger charge is -2.07. The number of aromatic nitrogens is 1. The van der Waals surface area contributed by atoms with Crippen LogP contribution in [0.2, 0.25) is 5.02 Å². The molecule has 3 N–H and O–H groups in total. The smallest absolute Gasteiger partial charge is 0.261 e. The lowest BCUT2D eigenvalue weighted by Crippen LogP contribution is -2.10. The van der Waals surface area contributed by atoms with Gasteiger partial charge in [0.05, 0.1) is 10.7 Å². The van der Waals surface area contributed by atoms with Crippen LogP contribution in [-0.4, -0.2) is 10.9 Å². The number of carbonyl (C=O) groups is 1. The molecule has 0 saturated carbocycles. The van der Waals surface area contributed by atoms with E-state index in [1.807, 2.05) is 45.0 Å². The average molecular weight is 372 g/mol. The number of amides is 1. The van der Waals surface area contributed by atoms with E-state index in [1.165, 1.54) is 11.3 Å². The largest absolute Gasteiger partial charge is 0.365 e. The Kier molecular flexibility index (Phi) is 4.79. The Morgan fingerprint density at radius 3 is 2.44 bits per heavy atom. The summed E-state index contributed by atoms with van der Waals surface area (Å²) in [5, 5.41) is 4.42. The zero-order valence-electron chi connectivity index (χ0n) is 14.2. The molecule has 0 atom stereocenters. The molecule has 0 saturated heterocycles. The number of hydrogen-bond donors (Lipinski definition) is 2. The number of carbonyl (C=O) groups excluding carboxylic acids is 1. The molecule has 2 aromatic carbocycles. The van der Waals surface area contributed by atoms with E-state index in [4.69, 9.17) is 17.3 Å². The number of primary amides is 1. The van der Waals surface area contributed by atoms with Gasteiger partial charge < -0.3 is 11.1 Å². The summed E-state index contributed by atoms with van der Waals surface area (Å²) < 4.78 is 0. The molecule has 4 nitrogen and oxygen atoms in total. The van der Waals surface area contributed by atoms with Crippen molar-refractivity contribution in [2.24, 2.45) is 5.73 Å². The third kappa shape index (κ3) is 3.67. The van der Waals surface area contributed by atoms with Crippen molar-refractivity contribution in [3.8, 4) is 11.3 Å². The number of benzene rings is 2. The summed E-state index contributed by atoms with van der Waals surface area (Å²) in [5.74, 6) is -0.514. The molecule has 128 valence electrons. The van der Waals surface area contributed by atoms with Crippen LogP contribution in [0.4, 0.5) is 10.8 Å². The number of halogens is 1. The number of nitrogens with zero attached hydrogens (tertiary/aromatic N) is 1. The molecule has 1 aromatic heterocycles. The highest BCUT2D eigenvalue weighted by Crippen LogP contribution is 2.37. The minimum absolute atomic E-state index is 0.392. The minimum atomic E-state index is -0.514. The van der Waals surface area contributed by atoms with Gasteiger partial charge in [-0.15, -0.1) is 0 Å². The van der Waals surface area contributed by atoms with Crippen molar-refractivity contribution in [2.75, 3.05) is 5.32 Å². The second-order valence-corrected chi connectivity index (χ2v) is 7.40. The topological polar surface area (TPSA) is 68.0 Å². The Morgan fingerprint density at radius 1 is 1.16 bits per heavy atom. The van der Waals surface area contributed by atoms with Gasteiger partial charge in [-0.25, -0.2) is 4.98 Å². The standard InChI is InChI=1S/C19H18ClN3OS/c1-10-7-11(2)9-13(8-10)22-19-23-16(17(25-19)18(21)24)15-12(3)5-4-6-14(15)20/h4-9H,1-3H3,(H2,21,24)(H,22,23). The minimum Gasteiger partial charge on any atom is -0.365 e. The van der Waals surface area contributed by atoms with Crippen LogP contribution in [-0.2, 0) is 0 Å². The number of aryl methyl sites for hydroxylation is 3. The molecule has 25 heavy (non-hydrogen) atoms. The van der Waals surface area contributed by atoms with E-state index in [0.717, 1.165) is 27.9 Å². The Balaban J connectivity index is 2.08. The van der Waals surface area contributed by atoms with Crippen LogP contribution in [0, 0.1) is 20.8 Å². The van der Waals surface area contributed by atoms with E-state index < -0.39 is 5.91 Å². The van der Waals surface area contributed by atoms with Gasteiger partial charge in [-0.05, 0) is 55.7 Å². The molecule has 0 aliphatic rings. The zero-order chi connectivity index (χ0) is 18.1. The van der Waals surface area contributed by atoms with Crippen LogP contribution < -0.4 is 11.1 Å². The molecule has 3 aromatic rings. The molecule has 6 heteroatoms. The fraction of sp³-hybridized carbons (Fsp3) is 0.158. The summed E-state index contributed by atoms with van der Waals surface area (Å²) in [6.45, 7) is 6.00. The first-order chi connectivity index (χ1) is 11.8. The monoisotopic (exact) mass is 371 g/mol. The van der Waals surface area contributed by atoms with Crippen LogP contribution in [0.1, 0.15) is 26.4 Å². The van der Waals surface area contributed by atoms with Crippen molar-refractivity contribution >= 4 is 39.7 Å². The average Bonchev–Trinajstić information content (AvgIpc) is 2.89. The molecule has 1 amide bonds. The molecular formula is C19H18ClN3OS. The molecule has 0 aliphatic heterocycles. The van der Waals surface area contributed by atoms with Gasteiger partial charge in [0.25, 0.3) is 5.91 Å². The number of rotatable bonds is 4. The second kappa shape index (κ2) is 6.86. The number of thiazole rings is 1. The van der Waals surface area contributed by atoms with Crippen molar-refractivity contribution in [1.82, 2.24) is 4.98 Å². The van der Waals surface area contributed by atoms with Crippen LogP contribution in [0.3, 0.4) is 0 Å². The molecular weight excluding hydrogens is 354 g/mol. The van der Waals surface area contributed by atoms with Crippen LogP contribution >= 0.6 is 22.9 Å². The highest BCUT2D eigenvalue weighted by Gasteiger charge is 2.21.